The van der Waals surface area contributed by atoms with Gasteiger partial charge in [0.25, 0.3) is 5.91 Å². The van der Waals surface area contributed by atoms with Crippen LogP contribution in [0.25, 0.3) is 10.8 Å². The molecule has 0 unspecified atom stereocenters. The van der Waals surface area contributed by atoms with E-state index in [-0.39, 0.29) is 5.91 Å². The molecule has 0 aliphatic carbocycles. The summed E-state index contributed by atoms with van der Waals surface area (Å²) in [4.78, 5) is 23.0. The number of amides is 1. The average molecular weight is 348 g/mol. The molecular formula is C21H24N4O. The van der Waals surface area contributed by atoms with Crippen molar-refractivity contribution in [1.82, 2.24) is 19.4 Å². The van der Waals surface area contributed by atoms with Gasteiger partial charge in [0.2, 0.25) is 0 Å². The molecule has 3 heterocycles. The summed E-state index contributed by atoms with van der Waals surface area (Å²) in [5, 5.41) is 2.43. The SMILES string of the molecule is Cn1cnc(C(=O)N2CCC[C@H](Cc3ccc4cnccc4c3)CC2)c1. The molecule has 1 fully saturated rings. The Kier molecular flexibility index (Phi) is 4.69. The summed E-state index contributed by atoms with van der Waals surface area (Å²) < 4.78 is 1.82. The van der Waals surface area contributed by atoms with Crippen LogP contribution in [0.3, 0.4) is 0 Å². The molecule has 5 heteroatoms. The van der Waals surface area contributed by atoms with E-state index in [4.69, 9.17) is 0 Å². The van der Waals surface area contributed by atoms with Crippen molar-refractivity contribution in [2.24, 2.45) is 13.0 Å². The Hall–Kier alpha value is -2.69. The van der Waals surface area contributed by atoms with Crippen molar-refractivity contribution >= 4 is 16.7 Å². The van der Waals surface area contributed by atoms with Crippen LogP contribution in [0, 0.1) is 5.92 Å². The zero-order valence-electron chi connectivity index (χ0n) is 15.1. The van der Waals surface area contributed by atoms with Gasteiger partial charge in [0.15, 0.2) is 0 Å². The van der Waals surface area contributed by atoms with E-state index in [1.54, 1.807) is 12.5 Å². The molecule has 1 amide bonds. The van der Waals surface area contributed by atoms with Crippen molar-refractivity contribution < 1.29 is 4.79 Å². The van der Waals surface area contributed by atoms with Crippen molar-refractivity contribution in [3.8, 4) is 0 Å². The smallest absolute Gasteiger partial charge is 0.274 e. The van der Waals surface area contributed by atoms with Crippen molar-refractivity contribution in [2.75, 3.05) is 13.1 Å². The minimum absolute atomic E-state index is 0.0597. The number of benzene rings is 1. The molecule has 1 saturated heterocycles. The summed E-state index contributed by atoms with van der Waals surface area (Å²) in [5.74, 6) is 0.681. The molecule has 0 bridgehead atoms. The lowest BCUT2D eigenvalue weighted by Gasteiger charge is -2.19. The molecule has 0 spiro atoms. The fourth-order valence-electron chi connectivity index (χ4n) is 3.85. The molecular weight excluding hydrogens is 324 g/mol. The third kappa shape index (κ3) is 3.62. The first kappa shape index (κ1) is 16.8. The number of imidazole rings is 1. The van der Waals surface area contributed by atoms with Crippen molar-refractivity contribution in [3.63, 3.8) is 0 Å². The average Bonchev–Trinajstić information content (AvgIpc) is 2.96. The van der Waals surface area contributed by atoms with Gasteiger partial charge in [0, 0.05) is 44.1 Å². The van der Waals surface area contributed by atoms with E-state index in [2.05, 4.69) is 34.2 Å². The van der Waals surface area contributed by atoms with E-state index >= 15 is 0 Å². The molecule has 0 N–H and O–H groups in total. The minimum atomic E-state index is 0.0597. The summed E-state index contributed by atoms with van der Waals surface area (Å²) in [5.41, 5.74) is 1.92. The Morgan fingerprint density at radius 1 is 1.19 bits per heavy atom. The Labute approximate surface area is 153 Å². The second kappa shape index (κ2) is 7.28. The molecule has 26 heavy (non-hydrogen) atoms. The maximum absolute atomic E-state index is 12.6. The fourth-order valence-corrected chi connectivity index (χ4v) is 3.85. The number of fused-ring (bicyclic) bond motifs is 1. The number of hydrogen-bond acceptors (Lipinski definition) is 3. The number of aryl methyl sites for hydroxylation is 1. The molecule has 0 radical (unpaired) electrons. The van der Waals surface area contributed by atoms with Gasteiger partial charge >= 0.3 is 0 Å². The van der Waals surface area contributed by atoms with Gasteiger partial charge in [-0.3, -0.25) is 9.78 Å². The lowest BCUT2D eigenvalue weighted by atomic mass is 9.92. The summed E-state index contributed by atoms with van der Waals surface area (Å²) in [6, 6.07) is 8.72. The van der Waals surface area contributed by atoms with Crippen molar-refractivity contribution in [2.45, 2.75) is 25.7 Å². The number of hydrogen-bond donors (Lipinski definition) is 0. The second-order valence-electron chi connectivity index (χ2n) is 7.27. The number of carbonyl (C=O) groups is 1. The molecule has 1 aliphatic heterocycles. The molecule has 4 rings (SSSR count). The van der Waals surface area contributed by atoms with E-state index in [0.717, 1.165) is 32.4 Å². The molecule has 134 valence electrons. The van der Waals surface area contributed by atoms with E-state index < -0.39 is 0 Å². The van der Waals surface area contributed by atoms with Gasteiger partial charge in [0.05, 0.1) is 6.33 Å². The van der Waals surface area contributed by atoms with Gasteiger partial charge in [-0.25, -0.2) is 4.98 Å². The Morgan fingerprint density at radius 2 is 2.12 bits per heavy atom. The minimum Gasteiger partial charge on any atom is -0.340 e. The molecule has 0 saturated carbocycles. The highest BCUT2D eigenvalue weighted by Gasteiger charge is 2.23. The van der Waals surface area contributed by atoms with Gasteiger partial charge in [-0.2, -0.15) is 0 Å². The van der Waals surface area contributed by atoms with Gasteiger partial charge in [-0.05, 0) is 48.6 Å². The fraction of sp³-hybridized carbons (Fsp3) is 0.381. The number of nitrogens with zero attached hydrogens (tertiary/aromatic N) is 4. The van der Waals surface area contributed by atoms with E-state index in [9.17, 15) is 4.79 Å². The number of likely N-dealkylation sites (tertiary alicyclic amines) is 1. The topological polar surface area (TPSA) is 51.0 Å². The summed E-state index contributed by atoms with van der Waals surface area (Å²) in [6.45, 7) is 1.65. The monoisotopic (exact) mass is 348 g/mol. The van der Waals surface area contributed by atoms with Crippen LogP contribution in [0.15, 0.2) is 49.2 Å². The Bertz CT molecular complexity index is 917. The molecule has 1 aromatic carbocycles. The highest BCUT2D eigenvalue weighted by Crippen LogP contribution is 2.24. The van der Waals surface area contributed by atoms with E-state index in [1.165, 1.54) is 22.8 Å². The third-order valence-electron chi connectivity index (χ3n) is 5.29. The molecule has 5 nitrogen and oxygen atoms in total. The van der Waals surface area contributed by atoms with Crippen LogP contribution in [0.1, 0.15) is 35.3 Å². The molecule has 1 atom stereocenters. The molecule has 2 aromatic heterocycles. The second-order valence-corrected chi connectivity index (χ2v) is 7.27. The van der Waals surface area contributed by atoms with Crippen molar-refractivity contribution in [1.29, 1.82) is 0 Å². The van der Waals surface area contributed by atoms with Crippen LogP contribution in [0.2, 0.25) is 0 Å². The normalized spacial score (nSPS) is 18.0. The lowest BCUT2D eigenvalue weighted by Crippen LogP contribution is -2.32. The highest BCUT2D eigenvalue weighted by atomic mass is 16.2. The van der Waals surface area contributed by atoms with Crippen LogP contribution in [-0.2, 0) is 13.5 Å². The van der Waals surface area contributed by atoms with Crippen molar-refractivity contribution in [3.05, 3.63) is 60.4 Å². The first-order valence-electron chi connectivity index (χ1n) is 9.29. The van der Waals surface area contributed by atoms with Gasteiger partial charge in [0.1, 0.15) is 5.69 Å². The maximum Gasteiger partial charge on any atom is 0.274 e. The zero-order valence-corrected chi connectivity index (χ0v) is 15.1. The number of pyridine rings is 1. The number of aromatic nitrogens is 3. The van der Waals surface area contributed by atoms with E-state index in [1.807, 2.05) is 28.9 Å². The lowest BCUT2D eigenvalue weighted by molar-refractivity contribution is 0.0754. The molecule has 1 aliphatic rings. The third-order valence-corrected chi connectivity index (χ3v) is 5.29. The van der Waals surface area contributed by atoms with Gasteiger partial charge < -0.3 is 9.47 Å². The highest BCUT2D eigenvalue weighted by molar-refractivity contribution is 5.92. The zero-order chi connectivity index (χ0) is 17.9. The molecule has 3 aromatic rings. The van der Waals surface area contributed by atoms with Crippen LogP contribution >= 0.6 is 0 Å². The van der Waals surface area contributed by atoms with Crippen LogP contribution in [0.5, 0.6) is 0 Å². The number of rotatable bonds is 3. The predicted octanol–water partition coefficient (Wildman–Crippen LogP) is 3.45. The Balaban J connectivity index is 1.40. The quantitative estimate of drug-likeness (QED) is 0.728. The maximum atomic E-state index is 12.6. The van der Waals surface area contributed by atoms with E-state index in [0.29, 0.717) is 11.6 Å². The first-order valence-corrected chi connectivity index (χ1v) is 9.29. The first-order chi connectivity index (χ1) is 12.7. The number of carbonyl (C=O) groups excluding carboxylic acids is 1. The largest absolute Gasteiger partial charge is 0.340 e. The van der Waals surface area contributed by atoms with Crippen LogP contribution < -0.4 is 0 Å². The summed E-state index contributed by atoms with van der Waals surface area (Å²) in [7, 11) is 1.89. The van der Waals surface area contributed by atoms with Gasteiger partial charge in [-0.1, -0.05) is 18.2 Å². The summed E-state index contributed by atoms with van der Waals surface area (Å²) in [6.07, 6.45) is 11.6. The van der Waals surface area contributed by atoms with Gasteiger partial charge in [-0.15, -0.1) is 0 Å². The standard InChI is InChI=1S/C21H24N4O/c1-24-14-20(23-15-24)21(26)25-9-2-3-16(7-10-25)11-17-4-5-19-13-22-8-6-18(19)12-17/h4-6,8,12-16H,2-3,7,9-11H2,1H3/t16-/m0/s1. The predicted molar refractivity (Wildman–Crippen MR) is 102 cm³/mol. The Morgan fingerprint density at radius 3 is 2.96 bits per heavy atom. The van der Waals surface area contributed by atoms with Crippen LogP contribution in [0.4, 0.5) is 0 Å². The van der Waals surface area contributed by atoms with Crippen LogP contribution in [-0.4, -0.2) is 38.4 Å². The summed E-state index contributed by atoms with van der Waals surface area (Å²) >= 11 is 0.